The number of fused-ring (bicyclic) bond motifs is 1. The molecule has 252 valence electrons. The largest absolute Gasteiger partial charge is 0.458 e. The molecule has 4 aromatic carbocycles. The monoisotopic (exact) mass is 644 g/mol. The Hall–Kier alpha value is -3.92. The Labute approximate surface area is 287 Å². The SMILES string of the molecule is C[C@@H]1CC[C@@H](C(C)(C)c2ccccc2)[C@H](OC(=O)c2ccc3cc(C(=O)O[C@@H]4C[C@H](C)CC[C@H]4C(C)(C)c4ccccc4)ccc3c2)C1. The van der Waals surface area contributed by atoms with Gasteiger partial charge in [0.25, 0.3) is 0 Å². The second kappa shape index (κ2) is 13.9. The van der Waals surface area contributed by atoms with E-state index in [1.54, 1.807) is 0 Å². The van der Waals surface area contributed by atoms with Gasteiger partial charge >= 0.3 is 11.9 Å². The van der Waals surface area contributed by atoms with E-state index in [4.69, 9.17) is 9.47 Å². The molecule has 0 aromatic heterocycles. The lowest BCUT2D eigenvalue weighted by Crippen LogP contribution is -2.43. The Kier molecular flexibility index (Phi) is 9.83. The van der Waals surface area contributed by atoms with Gasteiger partial charge in [0.2, 0.25) is 0 Å². The van der Waals surface area contributed by atoms with Gasteiger partial charge in [0, 0.05) is 11.8 Å². The summed E-state index contributed by atoms with van der Waals surface area (Å²) in [6, 6.07) is 32.4. The molecule has 0 heterocycles. The number of carbonyl (C=O) groups excluding carboxylic acids is 2. The maximum atomic E-state index is 13.6. The summed E-state index contributed by atoms with van der Waals surface area (Å²) < 4.78 is 12.7. The highest BCUT2D eigenvalue weighted by molar-refractivity contribution is 5.99. The molecule has 4 heteroatoms. The number of rotatable bonds is 8. The van der Waals surface area contributed by atoms with Crippen LogP contribution in [0.1, 0.15) is 112 Å². The fourth-order valence-electron chi connectivity index (χ4n) is 8.64. The molecule has 6 atom stereocenters. The number of ether oxygens (including phenoxy) is 2. The summed E-state index contributed by atoms with van der Waals surface area (Å²) in [5.74, 6) is 0.922. The molecule has 2 fully saturated rings. The minimum atomic E-state index is -0.285. The van der Waals surface area contributed by atoms with Crippen molar-refractivity contribution in [1.29, 1.82) is 0 Å². The Morgan fingerprint density at radius 3 is 1.29 bits per heavy atom. The number of hydrogen-bond donors (Lipinski definition) is 0. The topological polar surface area (TPSA) is 52.6 Å². The van der Waals surface area contributed by atoms with Gasteiger partial charge in [0.05, 0.1) is 11.1 Å². The van der Waals surface area contributed by atoms with Crippen LogP contribution in [-0.2, 0) is 20.3 Å². The lowest BCUT2D eigenvalue weighted by molar-refractivity contribution is -0.0244. The van der Waals surface area contributed by atoms with Crippen molar-refractivity contribution >= 4 is 22.7 Å². The van der Waals surface area contributed by atoms with Gasteiger partial charge in [-0.05, 0) is 94.5 Å². The van der Waals surface area contributed by atoms with Crippen molar-refractivity contribution in [2.45, 2.75) is 103 Å². The second-order valence-electron chi connectivity index (χ2n) is 15.9. The summed E-state index contributed by atoms with van der Waals surface area (Å²) in [4.78, 5) is 27.2. The van der Waals surface area contributed by atoms with Gasteiger partial charge in [-0.2, -0.15) is 0 Å². The molecule has 0 unspecified atom stereocenters. The Balaban J connectivity index is 1.17. The molecule has 2 aliphatic carbocycles. The van der Waals surface area contributed by atoms with Crippen molar-refractivity contribution in [3.63, 3.8) is 0 Å². The highest BCUT2D eigenvalue weighted by atomic mass is 16.5. The molecule has 2 saturated carbocycles. The zero-order valence-corrected chi connectivity index (χ0v) is 29.6. The van der Waals surface area contributed by atoms with Crippen LogP contribution < -0.4 is 0 Å². The van der Waals surface area contributed by atoms with Gasteiger partial charge in [-0.15, -0.1) is 0 Å². The fraction of sp³-hybridized carbons (Fsp3) is 0.455. The van der Waals surface area contributed by atoms with E-state index in [0.717, 1.165) is 49.3 Å². The fourth-order valence-corrected chi connectivity index (χ4v) is 8.64. The average Bonchev–Trinajstić information content (AvgIpc) is 3.08. The maximum absolute atomic E-state index is 13.6. The molecule has 48 heavy (non-hydrogen) atoms. The molecule has 0 spiro atoms. The first-order chi connectivity index (χ1) is 22.9. The molecule has 4 aromatic rings. The van der Waals surface area contributed by atoms with Crippen LogP contribution >= 0.6 is 0 Å². The van der Waals surface area contributed by atoms with Crippen LogP contribution in [0.15, 0.2) is 97.1 Å². The van der Waals surface area contributed by atoms with E-state index in [9.17, 15) is 9.59 Å². The Morgan fingerprint density at radius 2 is 0.917 bits per heavy atom. The molecule has 0 N–H and O–H groups in total. The number of hydrogen-bond acceptors (Lipinski definition) is 4. The van der Waals surface area contributed by atoms with E-state index in [1.807, 2.05) is 48.5 Å². The first-order valence-corrected chi connectivity index (χ1v) is 18.0. The van der Waals surface area contributed by atoms with E-state index >= 15 is 0 Å². The normalized spacial score (nSPS) is 25.0. The van der Waals surface area contributed by atoms with E-state index in [1.165, 1.54) is 11.1 Å². The lowest BCUT2D eigenvalue weighted by Gasteiger charge is -2.44. The predicted octanol–water partition coefficient (Wildman–Crippen LogP) is 10.7. The van der Waals surface area contributed by atoms with Crippen molar-refractivity contribution in [1.82, 2.24) is 0 Å². The van der Waals surface area contributed by atoms with Crippen LogP contribution in [0.4, 0.5) is 0 Å². The van der Waals surface area contributed by atoms with Crippen LogP contribution in [0, 0.1) is 23.7 Å². The summed E-state index contributed by atoms with van der Waals surface area (Å²) in [6.45, 7) is 13.6. The number of carbonyl (C=O) groups is 2. The standard InChI is InChI=1S/C44H52O4/c1-29-17-23-37(43(3,4)35-13-9-7-10-14-35)39(25-29)47-41(45)33-21-19-32-28-34(22-20-31(32)27-33)42(46)48-40-26-30(2)18-24-38(40)44(5,6)36-15-11-8-12-16-36/h7-16,19-22,27-30,37-40H,17-18,23-26H2,1-6H3/t29-,30-,37-,38-,39-,40-/m1/s1. The molecular formula is C44H52O4. The quantitative estimate of drug-likeness (QED) is 0.179. The smallest absolute Gasteiger partial charge is 0.338 e. The minimum Gasteiger partial charge on any atom is -0.458 e. The van der Waals surface area contributed by atoms with Crippen LogP contribution in [0.25, 0.3) is 10.8 Å². The van der Waals surface area contributed by atoms with Crippen molar-refractivity contribution < 1.29 is 19.1 Å². The molecule has 0 aliphatic heterocycles. The molecule has 6 rings (SSSR count). The molecular weight excluding hydrogens is 592 g/mol. The summed E-state index contributed by atoms with van der Waals surface area (Å²) in [7, 11) is 0. The van der Waals surface area contributed by atoms with Gasteiger partial charge in [0.1, 0.15) is 12.2 Å². The molecule has 0 saturated heterocycles. The highest BCUT2D eigenvalue weighted by Gasteiger charge is 2.43. The molecule has 2 aliphatic rings. The van der Waals surface area contributed by atoms with Gasteiger partial charge in [-0.3, -0.25) is 0 Å². The van der Waals surface area contributed by atoms with Crippen molar-refractivity contribution in [2.24, 2.45) is 23.7 Å². The zero-order valence-electron chi connectivity index (χ0n) is 29.6. The van der Waals surface area contributed by atoms with E-state index < -0.39 is 0 Å². The third kappa shape index (κ3) is 7.09. The third-order valence-electron chi connectivity index (χ3n) is 11.8. The van der Waals surface area contributed by atoms with Gasteiger partial charge in [-0.1, -0.05) is 127 Å². The zero-order chi connectivity index (χ0) is 34.1. The lowest BCUT2D eigenvalue weighted by atomic mass is 9.64. The van der Waals surface area contributed by atoms with Gasteiger partial charge < -0.3 is 9.47 Å². The molecule has 0 radical (unpaired) electrons. The van der Waals surface area contributed by atoms with E-state index in [2.05, 4.69) is 90.1 Å². The van der Waals surface area contributed by atoms with Crippen LogP contribution in [0.5, 0.6) is 0 Å². The highest BCUT2D eigenvalue weighted by Crippen LogP contribution is 2.45. The van der Waals surface area contributed by atoms with Crippen molar-refractivity contribution in [2.75, 3.05) is 0 Å². The average molecular weight is 645 g/mol. The number of benzene rings is 4. The summed E-state index contributed by atoms with van der Waals surface area (Å²) >= 11 is 0. The predicted molar refractivity (Wildman–Crippen MR) is 194 cm³/mol. The Morgan fingerprint density at radius 1 is 0.542 bits per heavy atom. The summed E-state index contributed by atoms with van der Waals surface area (Å²) in [6.07, 6.45) is 5.78. The Bertz CT molecular complexity index is 1590. The van der Waals surface area contributed by atoms with Crippen LogP contribution in [-0.4, -0.2) is 24.1 Å². The first-order valence-electron chi connectivity index (χ1n) is 18.0. The van der Waals surface area contributed by atoms with Crippen molar-refractivity contribution in [3.8, 4) is 0 Å². The van der Waals surface area contributed by atoms with E-state index in [-0.39, 0.29) is 46.8 Å². The minimum absolute atomic E-state index is 0.117. The van der Waals surface area contributed by atoms with E-state index in [0.29, 0.717) is 23.0 Å². The number of esters is 2. The van der Waals surface area contributed by atoms with Gasteiger partial charge in [0.15, 0.2) is 0 Å². The molecule has 0 amide bonds. The third-order valence-corrected chi connectivity index (χ3v) is 11.8. The van der Waals surface area contributed by atoms with Gasteiger partial charge in [-0.25, -0.2) is 9.59 Å². The molecule has 0 bridgehead atoms. The summed E-state index contributed by atoms with van der Waals surface area (Å²) in [5.41, 5.74) is 3.39. The maximum Gasteiger partial charge on any atom is 0.338 e. The first kappa shape index (κ1) is 34.0. The summed E-state index contributed by atoms with van der Waals surface area (Å²) in [5, 5.41) is 1.79. The second-order valence-corrected chi connectivity index (χ2v) is 15.9. The van der Waals surface area contributed by atoms with Crippen LogP contribution in [0.3, 0.4) is 0 Å². The molecule has 4 nitrogen and oxygen atoms in total. The van der Waals surface area contributed by atoms with Crippen molar-refractivity contribution in [3.05, 3.63) is 119 Å². The van der Waals surface area contributed by atoms with Crippen LogP contribution in [0.2, 0.25) is 0 Å².